The lowest BCUT2D eigenvalue weighted by molar-refractivity contribution is -0.151. The fourth-order valence-electron chi connectivity index (χ4n) is 4.71. The van der Waals surface area contributed by atoms with Gasteiger partial charge in [0.2, 0.25) is 11.8 Å². The molecule has 3 aromatic rings. The summed E-state index contributed by atoms with van der Waals surface area (Å²) in [6.45, 7) is 6.91. The van der Waals surface area contributed by atoms with E-state index in [-0.39, 0.29) is 23.4 Å². The summed E-state index contributed by atoms with van der Waals surface area (Å²) in [5.74, 6) is -0.151. The van der Waals surface area contributed by atoms with Gasteiger partial charge >= 0.3 is 0 Å². The second-order valence-electron chi connectivity index (χ2n) is 10.1. The average molecular weight is 470 g/mol. The first kappa shape index (κ1) is 24.7. The fraction of sp³-hybridized carbons (Fsp3) is 0.333. The summed E-state index contributed by atoms with van der Waals surface area (Å²) in [4.78, 5) is 30.7. The van der Waals surface area contributed by atoms with Gasteiger partial charge in [-0.15, -0.1) is 0 Å². The Labute approximate surface area is 208 Å². The number of benzene rings is 3. The average Bonchev–Trinajstić information content (AvgIpc) is 2.84. The van der Waals surface area contributed by atoms with Gasteiger partial charge in [-0.1, -0.05) is 78.9 Å². The van der Waals surface area contributed by atoms with Gasteiger partial charge in [0, 0.05) is 25.0 Å². The van der Waals surface area contributed by atoms with E-state index >= 15 is 0 Å². The highest BCUT2D eigenvalue weighted by atomic mass is 16.2. The van der Waals surface area contributed by atoms with Crippen LogP contribution in [0.3, 0.4) is 0 Å². The second-order valence-corrected chi connectivity index (χ2v) is 10.1. The molecule has 5 nitrogen and oxygen atoms in total. The summed E-state index contributed by atoms with van der Waals surface area (Å²) < 4.78 is 0. The molecule has 0 aromatic heterocycles. The van der Waals surface area contributed by atoms with Crippen LogP contribution < -0.4 is 5.73 Å². The van der Waals surface area contributed by atoms with Crippen LogP contribution in [-0.4, -0.2) is 46.3 Å². The predicted octanol–water partition coefficient (Wildman–Crippen LogP) is 4.87. The topological polar surface area (TPSA) is 66.6 Å². The minimum atomic E-state index is -0.556. The van der Waals surface area contributed by atoms with Crippen LogP contribution in [0.5, 0.6) is 0 Å². The van der Waals surface area contributed by atoms with Gasteiger partial charge in [0.05, 0.1) is 6.04 Å². The molecular formula is C30H35N3O2. The Kier molecular flexibility index (Phi) is 7.37. The first-order valence-electron chi connectivity index (χ1n) is 12.3. The lowest BCUT2D eigenvalue weighted by Gasteiger charge is -2.43. The number of rotatable bonds is 7. The van der Waals surface area contributed by atoms with Gasteiger partial charge in [0.1, 0.15) is 6.04 Å². The molecule has 0 saturated carbocycles. The van der Waals surface area contributed by atoms with E-state index in [1.54, 1.807) is 11.0 Å². The number of amides is 2. The molecule has 3 aromatic carbocycles. The zero-order valence-electron chi connectivity index (χ0n) is 20.9. The molecule has 0 spiro atoms. The number of carbonyl (C=O) groups is 2. The normalized spacial score (nSPS) is 17.8. The van der Waals surface area contributed by atoms with E-state index in [0.717, 1.165) is 21.9 Å². The Morgan fingerprint density at radius 1 is 1.03 bits per heavy atom. The summed E-state index contributed by atoms with van der Waals surface area (Å²) in [6, 6.07) is 23.9. The molecule has 2 amide bonds. The molecule has 35 heavy (non-hydrogen) atoms. The van der Waals surface area contributed by atoms with E-state index in [4.69, 9.17) is 5.73 Å². The van der Waals surface area contributed by atoms with Crippen molar-refractivity contribution in [3.8, 4) is 0 Å². The van der Waals surface area contributed by atoms with Gasteiger partial charge in [-0.2, -0.15) is 0 Å². The van der Waals surface area contributed by atoms with Crippen LogP contribution in [-0.2, 0) is 16.0 Å². The number of hydrogen-bond donors (Lipinski definition) is 1. The van der Waals surface area contributed by atoms with E-state index in [0.29, 0.717) is 25.9 Å². The van der Waals surface area contributed by atoms with Crippen molar-refractivity contribution < 1.29 is 9.59 Å². The number of piperazine rings is 1. The maximum Gasteiger partial charge on any atom is 0.246 e. The van der Waals surface area contributed by atoms with Gasteiger partial charge < -0.3 is 15.5 Å². The van der Waals surface area contributed by atoms with Crippen molar-refractivity contribution in [1.29, 1.82) is 0 Å². The molecule has 182 valence electrons. The molecular weight excluding hydrogens is 434 g/mol. The van der Waals surface area contributed by atoms with Crippen LogP contribution in [0.15, 0.2) is 84.9 Å². The second kappa shape index (κ2) is 10.4. The molecule has 1 aliphatic heterocycles. The lowest BCUT2D eigenvalue weighted by Crippen LogP contribution is -2.59. The summed E-state index contributed by atoms with van der Waals surface area (Å²) in [6.07, 6.45) is 4.46. The first-order chi connectivity index (χ1) is 16.7. The standard InChI is InChI=1S/C30H35N3O2/c1-22(24-10-5-4-6-11-24)32-18-19-33(28(34)14-9-17-30(2,3)31)27(29(32)35)21-23-15-16-25-12-7-8-13-26(25)20-23/h4-16,20,22,27H,17-19,21,31H2,1-3H3/b14-9+/t22?,27-/m1/s1. The summed E-state index contributed by atoms with van der Waals surface area (Å²) in [7, 11) is 0. The Balaban J connectivity index is 1.61. The van der Waals surface area contributed by atoms with Crippen molar-refractivity contribution in [2.75, 3.05) is 13.1 Å². The third-order valence-electron chi connectivity index (χ3n) is 6.71. The number of fused-ring (bicyclic) bond motifs is 1. The van der Waals surface area contributed by atoms with Crippen molar-refractivity contribution in [3.63, 3.8) is 0 Å². The smallest absolute Gasteiger partial charge is 0.246 e. The minimum Gasteiger partial charge on any atom is -0.332 e. The fourth-order valence-corrected chi connectivity index (χ4v) is 4.71. The monoisotopic (exact) mass is 469 g/mol. The summed E-state index contributed by atoms with van der Waals surface area (Å²) in [5, 5.41) is 2.29. The quantitative estimate of drug-likeness (QED) is 0.502. The van der Waals surface area contributed by atoms with Crippen LogP contribution in [0.1, 0.15) is 44.4 Å². The van der Waals surface area contributed by atoms with E-state index in [1.165, 1.54) is 0 Å². The Morgan fingerprint density at radius 3 is 2.43 bits per heavy atom. The molecule has 0 radical (unpaired) electrons. The third-order valence-corrected chi connectivity index (χ3v) is 6.71. The molecule has 0 bridgehead atoms. The highest BCUT2D eigenvalue weighted by molar-refractivity contribution is 5.94. The van der Waals surface area contributed by atoms with Crippen LogP contribution in [0.2, 0.25) is 0 Å². The van der Waals surface area contributed by atoms with Crippen molar-refractivity contribution in [3.05, 3.63) is 96.1 Å². The van der Waals surface area contributed by atoms with Crippen LogP contribution >= 0.6 is 0 Å². The number of carbonyl (C=O) groups excluding carboxylic acids is 2. The third kappa shape index (κ3) is 5.98. The zero-order valence-corrected chi connectivity index (χ0v) is 20.9. The van der Waals surface area contributed by atoms with Crippen LogP contribution in [0.4, 0.5) is 0 Å². The van der Waals surface area contributed by atoms with Gasteiger partial charge in [-0.25, -0.2) is 0 Å². The molecule has 0 aliphatic carbocycles. The number of nitrogens with two attached hydrogens (primary N) is 1. The highest BCUT2D eigenvalue weighted by Crippen LogP contribution is 2.27. The SMILES string of the molecule is CC(c1ccccc1)N1CCN(C(=O)/C=C/CC(C)(C)N)[C@H](Cc2ccc3ccccc3c2)C1=O. The first-order valence-corrected chi connectivity index (χ1v) is 12.3. The van der Waals surface area contributed by atoms with Gasteiger partial charge in [-0.05, 0) is 55.2 Å². The Hall–Kier alpha value is -3.44. The maximum atomic E-state index is 13.8. The highest BCUT2D eigenvalue weighted by Gasteiger charge is 2.38. The van der Waals surface area contributed by atoms with E-state index in [1.807, 2.05) is 67.3 Å². The van der Waals surface area contributed by atoms with Gasteiger partial charge in [0.25, 0.3) is 0 Å². The molecule has 2 N–H and O–H groups in total. The largest absolute Gasteiger partial charge is 0.332 e. The van der Waals surface area contributed by atoms with Crippen molar-refractivity contribution in [2.24, 2.45) is 5.73 Å². The zero-order chi connectivity index (χ0) is 25.0. The van der Waals surface area contributed by atoms with Crippen LogP contribution in [0.25, 0.3) is 10.8 Å². The molecule has 1 heterocycles. The molecule has 2 atom stereocenters. The van der Waals surface area contributed by atoms with E-state index in [2.05, 4.69) is 37.3 Å². The summed E-state index contributed by atoms with van der Waals surface area (Å²) >= 11 is 0. The van der Waals surface area contributed by atoms with Crippen molar-refractivity contribution >= 4 is 22.6 Å². The van der Waals surface area contributed by atoms with E-state index in [9.17, 15) is 9.59 Å². The molecule has 5 heteroatoms. The lowest BCUT2D eigenvalue weighted by atomic mass is 9.96. The predicted molar refractivity (Wildman–Crippen MR) is 142 cm³/mol. The molecule has 1 unspecified atom stereocenters. The van der Waals surface area contributed by atoms with Crippen LogP contribution in [0, 0.1) is 0 Å². The molecule has 1 fully saturated rings. The van der Waals surface area contributed by atoms with Gasteiger partial charge in [0.15, 0.2) is 0 Å². The Bertz CT molecular complexity index is 1210. The number of hydrogen-bond acceptors (Lipinski definition) is 3. The van der Waals surface area contributed by atoms with Crippen molar-refractivity contribution in [2.45, 2.75) is 51.2 Å². The molecule has 1 aliphatic rings. The van der Waals surface area contributed by atoms with Crippen molar-refractivity contribution in [1.82, 2.24) is 9.80 Å². The van der Waals surface area contributed by atoms with E-state index < -0.39 is 6.04 Å². The maximum absolute atomic E-state index is 13.8. The minimum absolute atomic E-state index is 0.0123. The summed E-state index contributed by atoms with van der Waals surface area (Å²) in [5.41, 5.74) is 7.81. The van der Waals surface area contributed by atoms with Gasteiger partial charge in [-0.3, -0.25) is 9.59 Å². The molecule has 4 rings (SSSR count). The Morgan fingerprint density at radius 2 is 1.71 bits per heavy atom. The molecule has 1 saturated heterocycles. The number of nitrogens with zero attached hydrogens (tertiary/aromatic N) is 2.